The number of aromatic nitrogens is 3. The molecular formula is C7H4ClN3O. The van der Waals surface area contributed by atoms with E-state index in [4.69, 9.17) is 11.6 Å². The van der Waals surface area contributed by atoms with Crippen molar-refractivity contribution < 1.29 is 0 Å². The number of fused-ring (bicyclic) bond motifs is 1. The van der Waals surface area contributed by atoms with E-state index in [-0.39, 0.29) is 5.56 Å². The van der Waals surface area contributed by atoms with Crippen LogP contribution in [0.2, 0.25) is 5.02 Å². The predicted octanol–water partition coefficient (Wildman–Crippen LogP) is 0.971. The fraction of sp³-hybridized carbons (Fsp3) is 0. The van der Waals surface area contributed by atoms with Crippen molar-refractivity contribution in [2.24, 2.45) is 0 Å². The summed E-state index contributed by atoms with van der Waals surface area (Å²) in [5.41, 5.74) is 0.192. The van der Waals surface area contributed by atoms with Gasteiger partial charge in [0.05, 0.1) is 10.4 Å². The van der Waals surface area contributed by atoms with Gasteiger partial charge in [-0.3, -0.25) is 4.79 Å². The molecule has 1 aromatic carbocycles. The Bertz CT molecular complexity index is 474. The Morgan fingerprint density at radius 2 is 2.25 bits per heavy atom. The van der Waals surface area contributed by atoms with Crippen LogP contribution in [-0.2, 0) is 0 Å². The van der Waals surface area contributed by atoms with Crippen molar-refractivity contribution in [3.8, 4) is 0 Å². The second-order valence-corrected chi connectivity index (χ2v) is 2.68. The van der Waals surface area contributed by atoms with Crippen molar-refractivity contribution >= 4 is 22.5 Å². The van der Waals surface area contributed by atoms with E-state index in [2.05, 4.69) is 15.4 Å². The topological polar surface area (TPSA) is 58.6 Å². The minimum absolute atomic E-state index is 0.314. The van der Waals surface area contributed by atoms with Crippen LogP contribution >= 0.6 is 11.6 Å². The number of halogens is 1. The van der Waals surface area contributed by atoms with Crippen molar-refractivity contribution in [3.05, 3.63) is 33.6 Å². The van der Waals surface area contributed by atoms with Gasteiger partial charge < -0.3 is 0 Å². The van der Waals surface area contributed by atoms with Crippen LogP contribution in [0.3, 0.4) is 0 Å². The molecule has 1 N–H and O–H groups in total. The zero-order chi connectivity index (χ0) is 8.55. The van der Waals surface area contributed by atoms with Crippen LogP contribution in [0.25, 0.3) is 10.9 Å². The molecule has 0 spiro atoms. The van der Waals surface area contributed by atoms with Crippen LogP contribution in [-0.4, -0.2) is 15.4 Å². The summed E-state index contributed by atoms with van der Waals surface area (Å²) in [6.45, 7) is 0. The third-order valence-electron chi connectivity index (χ3n) is 1.53. The Hall–Kier alpha value is -1.42. The number of rotatable bonds is 0. The van der Waals surface area contributed by atoms with Gasteiger partial charge in [0.2, 0.25) is 0 Å². The van der Waals surface area contributed by atoms with Crippen LogP contribution in [0.1, 0.15) is 0 Å². The summed E-state index contributed by atoms with van der Waals surface area (Å²) in [4.78, 5) is 11.2. The van der Waals surface area contributed by atoms with Crippen LogP contribution in [0.5, 0.6) is 0 Å². The summed E-state index contributed by atoms with van der Waals surface area (Å²) in [6.07, 6.45) is 0. The molecule has 0 aliphatic rings. The van der Waals surface area contributed by atoms with Gasteiger partial charge in [-0.05, 0) is 12.1 Å². The van der Waals surface area contributed by atoms with Crippen molar-refractivity contribution in [3.63, 3.8) is 0 Å². The Kier molecular flexibility index (Phi) is 1.55. The number of nitrogens with one attached hydrogen (secondary N) is 1. The highest BCUT2D eigenvalue weighted by atomic mass is 35.5. The molecule has 0 bridgehead atoms. The van der Waals surface area contributed by atoms with E-state index in [1.807, 2.05) is 0 Å². The van der Waals surface area contributed by atoms with Crippen molar-refractivity contribution in [1.82, 2.24) is 15.4 Å². The summed E-state index contributed by atoms with van der Waals surface area (Å²) in [5, 5.41) is 10.1. The van der Waals surface area contributed by atoms with Gasteiger partial charge in [-0.2, -0.15) is 0 Å². The average Bonchev–Trinajstić information content (AvgIpc) is 2.04. The van der Waals surface area contributed by atoms with Gasteiger partial charge in [0.1, 0.15) is 5.52 Å². The Morgan fingerprint density at radius 3 is 3.00 bits per heavy atom. The van der Waals surface area contributed by atoms with Gasteiger partial charge in [-0.25, -0.2) is 5.10 Å². The lowest BCUT2D eigenvalue weighted by Crippen LogP contribution is -2.09. The molecule has 0 saturated heterocycles. The Labute approximate surface area is 72.2 Å². The highest BCUT2D eigenvalue weighted by Gasteiger charge is 2.02. The number of benzene rings is 1. The number of hydrogen-bond donors (Lipinski definition) is 1. The maximum atomic E-state index is 11.2. The molecule has 2 rings (SSSR count). The molecule has 12 heavy (non-hydrogen) atoms. The van der Waals surface area contributed by atoms with Crippen molar-refractivity contribution in [1.29, 1.82) is 0 Å². The fourth-order valence-electron chi connectivity index (χ4n) is 1.00. The second-order valence-electron chi connectivity index (χ2n) is 2.27. The van der Waals surface area contributed by atoms with Gasteiger partial charge >= 0.3 is 0 Å². The molecule has 0 fully saturated rings. The summed E-state index contributed by atoms with van der Waals surface area (Å²) >= 11 is 5.77. The van der Waals surface area contributed by atoms with E-state index >= 15 is 0 Å². The van der Waals surface area contributed by atoms with E-state index in [9.17, 15) is 4.79 Å². The van der Waals surface area contributed by atoms with E-state index in [0.717, 1.165) is 0 Å². The van der Waals surface area contributed by atoms with Crippen molar-refractivity contribution in [2.75, 3.05) is 0 Å². The normalized spacial score (nSPS) is 10.4. The van der Waals surface area contributed by atoms with Gasteiger partial charge in [0.15, 0.2) is 0 Å². The van der Waals surface area contributed by atoms with E-state index < -0.39 is 0 Å². The Morgan fingerprint density at radius 1 is 1.42 bits per heavy atom. The number of hydrogen-bond acceptors (Lipinski definition) is 3. The molecule has 0 atom stereocenters. The maximum absolute atomic E-state index is 11.2. The molecule has 2 aromatic rings. The molecule has 0 radical (unpaired) electrons. The van der Waals surface area contributed by atoms with Crippen molar-refractivity contribution in [2.45, 2.75) is 0 Å². The first-order valence-corrected chi connectivity index (χ1v) is 3.66. The summed E-state index contributed by atoms with van der Waals surface area (Å²) in [5.74, 6) is 0. The molecule has 5 heteroatoms. The predicted molar refractivity (Wildman–Crippen MR) is 45.2 cm³/mol. The number of aromatic amines is 1. The minimum atomic E-state index is -0.314. The lowest BCUT2D eigenvalue weighted by molar-refractivity contribution is 0.872. The molecule has 4 nitrogen and oxygen atoms in total. The largest absolute Gasteiger partial charge is 0.276 e. The molecule has 0 aliphatic heterocycles. The number of nitrogens with zero attached hydrogens (tertiary/aromatic N) is 2. The third-order valence-corrected chi connectivity index (χ3v) is 1.84. The van der Waals surface area contributed by atoms with Gasteiger partial charge in [-0.1, -0.05) is 22.9 Å². The standard InChI is InChI=1S/C7H4ClN3O/c8-4-2-1-3-5-6(4)7(12)10-11-9-5/h1-3H,(H,9,10,12). The molecule has 0 amide bonds. The highest BCUT2D eigenvalue weighted by Crippen LogP contribution is 2.16. The zero-order valence-electron chi connectivity index (χ0n) is 5.91. The SMILES string of the molecule is O=c1[nH]nnc2cccc(Cl)c12. The highest BCUT2D eigenvalue weighted by molar-refractivity contribution is 6.35. The van der Waals surface area contributed by atoms with E-state index in [0.29, 0.717) is 15.9 Å². The first-order valence-electron chi connectivity index (χ1n) is 3.28. The van der Waals surface area contributed by atoms with Gasteiger partial charge in [-0.15, -0.1) is 5.10 Å². The lowest BCUT2D eigenvalue weighted by atomic mass is 10.2. The smallest absolute Gasteiger partial charge is 0.267 e. The maximum Gasteiger partial charge on any atom is 0.276 e. The molecule has 1 aromatic heterocycles. The quantitative estimate of drug-likeness (QED) is 0.659. The van der Waals surface area contributed by atoms with E-state index in [1.165, 1.54) is 0 Å². The summed E-state index contributed by atoms with van der Waals surface area (Å²) in [6, 6.07) is 5.04. The average molecular weight is 182 g/mol. The Balaban J connectivity index is 3.07. The summed E-state index contributed by atoms with van der Waals surface area (Å²) in [7, 11) is 0. The summed E-state index contributed by atoms with van der Waals surface area (Å²) < 4.78 is 0. The first kappa shape index (κ1) is 7.24. The third kappa shape index (κ3) is 0.967. The van der Waals surface area contributed by atoms with Gasteiger partial charge in [0, 0.05) is 0 Å². The zero-order valence-corrected chi connectivity index (χ0v) is 6.67. The van der Waals surface area contributed by atoms with Gasteiger partial charge in [0.25, 0.3) is 5.56 Å². The first-order chi connectivity index (χ1) is 5.79. The number of H-pyrrole nitrogens is 1. The van der Waals surface area contributed by atoms with Crippen LogP contribution in [0.15, 0.2) is 23.0 Å². The van der Waals surface area contributed by atoms with Crippen LogP contribution in [0.4, 0.5) is 0 Å². The van der Waals surface area contributed by atoms with Crippen LogP contribution in [0, 0.1) is 0 Å². The molecule has 1 heterocycles. The second kappa shape index (κ2) is 2.57. The van der Waals surface area contributed by atoms with E-state index in [1.54, 1.807) is 18.2 Å². The molecule has 0 unspecified atom stereocenters. The lowest BCUT2D eigenvalue weighted by Gasteiger charge is -1.94. The monoisotopic (exact) mass is 181 g/mol. The minimum Gasteiger partial charge on any atom is -0.267 e. The molecule has 0 aliphatic carbocycles. The molecule has 0 saturated carbocycles. The fourth-order valence-corrected chi connectivity index (χ4v) is 1.26. The molecule has 60 valence electrons. The van der Waals surface area contributed by atoms with Crippen LogP contribution < -0.4 is 5.56 Å². The molecular weight excluding hydrogens is 178 g/mol.